The minimum absolute atomic E-state index is 0.0185. The minimum Gasteiger partial charge on any atom is -0.326 e. The Hall–Kier alpha value is -4.31. The predicted octanol–water partition coefficient (Wildman–Crippen LogP) is 7.31. The first-order valence-electron chi connectivity index (χ1n) is 13.0. The molecule has 194 valence electrons. The van der Waals surface area contributed by atoms with Gasteiger partial charge in [-0.1, -0.05) is 96.6 Å². The summed E-state index contributed by atoms with van der Waals surface area (Å²) in [5.41, 5.74) is 6.44. The number of amides is 1. The summed E-state index contributed by atoms with van der Waals surface area (Å²) in [6.45, 7) is 3.94. The zero-order valence-corrected chi connectivity index (χ0v) is 22.2. The standard InChI is InChI=1S/C25H25NO2.C9H10O/c1-19-16-17-22(18-23(19)25(28)21-13-6-3-7-14-21)26-24(27)15-9-8-12-20-10-4-2-5-11-20;1-8-2-4-9(5-3-8)6-7-10/h2-7,10-11,13-14,16-18H,8-9,12,15H2,1H3,(H,26,27);2-5,7H,6H2,1H3. The first-order chi connectivity index (χ1) is 18.5. The average Bonchev–Trinajstić information content (AvgIpc) is 2.95. The molecule has 0 aliphatic heterocycles. The molecular formula is C34H35NO3. The van der Waals surface area contributed by atoms with Gasteiger partial charge in [-0.3, -0.25) is 9.59 Å². The molecule has 4 aromatic rings. The lowest BCUT2D eigenvalue weighted by molar-refractivity contribution is -0.116. The van der Waals surface area contributed by atoms with Crippen LogP contribution in [0.4, 0.5) is 5.69 Å². The molecule has 0 aromatic heterocycles. The second-order valence-corrected chi connectivity index (χ2v) is 9.32. The molecule has 4 rings (SSSR count). The average molecular weight is 506 g/mol. The van der Waals surface area contributed by atoms with E-state index in [4.69, 9.17) is 0 Å². The molecule has 0 saturated heterocycles. The molecule has 0 spiro atoms. The van der Waals surface area contributed by atoms with Gasteiger partial charge in [0, 0.05) is 29.7 Å². The van der Waals surface area contributed by atoms with Gasteiger partial charge in [0.25, 0.3) is 0 Å². The van der Waals surface area contributed by atoms with Gasteiger partial charge < -0.3 is 10.1 Å². The summed E-state index contributed by atoms with van der Waals surface area (Å²) in [5.74, 6) is -0.0490. The highest BCUT2D eigenvalue weighted by Gasteiger charge is 2.13. The van der Waals surface area contributed by atoms with Crippen molar-refractivity contribution in [3.8, 4) is 0 Å². The lowest BCUT2D eigenvalue weighted by Crippen LogP contribution is -2.12. The third kappa shape index (κ3) is 9.29. The summed E-state index contributed by atoms with van der Waals surface area (Å²) in [5, 5.41) is 2.92. The van der Waals surface area contributed by atoms with Crippen LogP contribution in [0, 0.1) is 13.8 Å². The number of benzene rings is 4. The molecule has 0 bridgehead atoms. The van der Waals surface area contributed by atoms with Crippen molar-refractivity contribution in [3.05, 3.63) is 137 Å². The lowest BCUT2D eigenvalue weighted by Gasteiger charge is -2.10. The van der Waals surface area contributed by atoms with Crippen LogP contribution in [0.25, 0.3) is 0 Å². The summed E-state index contributed by atoms with van der Waals surface area (Å²) >= 11 is 0. The van der Waals surface area contributed by atoms with E-state index < -0.39 is 0 Å². The van der Waals surface area contributed by atoms with Crippen LogP contribution in [0.2, 0.25) is 0 Å². The maximum atomic E-state index is 12.7. The van der Waals surface area contributed by atoms with E-state index in [2.05, 4.69) is 17.4 Å². The SMILES string of the molecule is Cc1ccc(CC=O)cc1.Cc1ccc(NC(=O)CCCCc2ccccc2)cc1C(=O)c1ccccc1. The van der Waals surface area contributed by atoms with Gasteiger partial charge in [0.1, 0.15) is 6.29 Å². The Morgan fingerprint density at radius 2 is 1.39 bits per heavy atom. The molecule has 4 heteroatoms. The first-order valence-corrected chi connectivity index (χ1v) is 13.0. The maximum absolute atomic E-state index is 12.7. The van der Waals surface area contributed by atoms with Gasteiger partial charge in [-0.15, -0.1) is 0 Å². The summed E-state index contributed by atoms with van der Waals surface area (Å²) < 4.78 is 0. The molecule has 0 atom stereocenters. The number of nitrogens with one attached hydrogen (secondary N) is 1. The Labute approximate surface area is 225 Å². The highest BCUT2D eigenvalue weighted by molar-refractivity contribution is 6.10. The second kappa shape index (κ2) is 15.1. The van der Waals surface area contributed by atoms with Crippen LogP contribution >= 0.6 is 0 Å². The molecule has 0 radical (unpaired) electrons. The van der Waals surface area contributed by atoms with Crippen molar-refractivity contribution in [1.82, 2.24) is 0 Å². The smallest absolute Gasteiger partial charge is 0.224 e. The molecule has 0 heterocycles. The third-order valence-corrected chi connectivity index (χ3v) is 6.20. The number of aryl methyl sites for hydroxylation is 3. The number of carbonyl (C=O) groups excluding carboxylic acids is 3. The van der Waals surface area contributed by atoms with Crippen LogP contribution in [-0.2, 0) is 22.4 Å². The molecule has 38 heavy (non-hydrogen) atoms. The molecule has 0 fully saturated rings. The topological polar surface area (TPSA) is 63.2 Å². The third-order valence-electron chi connectivity index (χ3n) is 6.20. The number of aldehydes is 1. The van der Waals surface area contributed by atoms with Crippen molar-refractivity contribution in [2.24, 2.45) is 0 Å². The van der Waals surface area contributed by atoms with E-state index in [9.17, 15) is 14.4 Å². The molecule has 4 nitrogen and oxygen atoms in total. The van der Waals surface area contributed by atoms with E-state index in [0.717, 1.165) is 36.7 Å². The Morgan fingerprint density at radius 1 is 0.737 bits per heavy atom. The van der Waals surface area contributed by atoms with Gasteiger partial charge in [0.15, 0.2) is 5.78 Å². The highest BCUT2D eigenvalue weighted by atomic mass is 16.1. The number of ketones is 1. The number of carbonyl (C=O) groups is 3. The van der Waals surface area contributed by atoms with Crippen molar-refractivity contribution < 1.29 is 14.4 Å². The van der Waals surface area contributed by atoms with Gasteiger partial charge in [-0.05, 0) is 61.9 Å². The number of anilines is 1. The largest absolute Gasteiger partial charge is 0.326 e. The van der Waals surface area contributed by atoms with E-state index in [1.54, 1.807) is 18.2 Å². The van der Waals surface area contributed by atoms with Crippen LogP contribution in [0.5, 0.6) is 0 Å². The number of hydrogen-bond donors (Lipinski definition) is 1. The monoisotopic (exact) mass is 505 g/mol. The normalized spacial score (nSPS) is 10.2. The van der Waals surface area contributed by atoms with Crippen LogP contribution < -0.4 is 5.32 Å². The molecule has 1 N–H and O–H groups in total. The summed E-state index contributed by atoms with van der Waals surface area (Å²) in [4.78, 5) is 35.1. The minimum atomic E-state index is -0.0305. The van der Waals surface area contributed by atoms with E-state index in [0.29, 0.717) is 29.7 Å². The van der Waals surface area contributed by atoms with Crippen molar-refractivity contribution in [1.29, 1.82) is 0 Å². The summed E-state index contributed by atoms with van der Waals surface area (Å²) in [7, 11) is 0. The fourth-order valence-electron chi connectivity index (χ4n) is 3.99. The molecule has 0 unspecified atom stereocenters. The van der Waals surface area contributed by atoms with Crippen LogP contribution in [0.3, 0.4) is 0 Å². The van der Waals surface area contributed by atoms with Crippen molar-refractivity contribution in [2.75, 3.05) is 5.32 Å². The van der Waals surface area contributed by atoms with E-state index in [1.807, 2.05) is 86.6 Å². The van der Waals surface area contributed by atoms with Crippen molar-refractivity contribution in [3.63, 3.8) is 0 Å². The zero-order valence-electron chi connectivity index (χ0n) is 22.2. The number of rotatable bonds is 10. The number of hydrogen-bond acceptors (Lipinski definition) is 3. The zero-order chi connectivity index (χ0) is 27.2. The Bertz CT molecular complexity index is 1310. The Morgan fingerprint density at radius 3 is 2.05 bits per heavy atom. The fourth-order valence-corrected chi connectivity index (χ4v) is 3.99. The predicted molar refractivity (Wildman–Crippen MR) is 155 cm³/mol. The van der Waals surface area contributed by atoms with Gasteiger partial charge >= 0.3 is 0 Å². The van der Waals surface area contributed by atoms with Gasteiger partial charge in [0.2, 0.25) is 5.91 Å². The maximum Gasteiger partial charge on any atom is 0.224 e. The van der Waals surface area contributed by atoms with Gasteiger partial charge in [-0.25, -0.2) is 0 Å². The molecule has 1 amide bonds. The molecule has 0 aliphatic carbocycles. The van der Waals surface area contributed by atoms with E-state index >= 15 is 0 Å². The fraction of sp³-hybridized carbons (Fsp3) is 0.206. The first kappa shape index (κ1) is 28.3. The molecular weight excluding hydrogens is 470 g/mol. The molecule has 0 aliphatic rings. The van der Waals surface area contributed by atoms with E-state index in [-0.39, 0.29) is 11.7 Å². The lowest BCUT2D eigenvalue weighted by atomic mass is 9.98. The summed E-state index contributed by atoms with van der Waals surface area (Å²) in [6, 6.07) is 33.0. The van der Waals surface area contributed by atoms with Crippen molar-refractivity contribution >= 4 is 23.7 Å². The van der Waals surface area contributed by atoms with Crippen molar-refractivity contribution in [2.45, 2.75) is 46.0 Å². The van der Waals surface area contributed by atoms with E-state index in [1.165, 1.54) is 11.1 Å². The van der Waals surface area contributed by atoms with Crippen LogP contribution in [-0.4, -0.2) is 18.0 Å². The van der Waals surface area contributed by atoms with Gasteiger partial charge in [-0.2, -0.15) is 0 Å². The molecule has 0 saturated carbocycles. The second-order valence-electron chi connectivity index (χ2n) is 9.32. The quantitative estimate of drug-likeness (QED) is 0.140. The highest BCUT2D eigenvalue weighted by Crippen LogP contribution is 2.19. The number of unbranched alkanes of at least 4 members (excludes halogenated alkanes) is 1. The van der Waals surface area contributed by atoms with Crippen LogP contribution in [0.15, 0.2) is 103 Å². The Balaban J connectivity index is 0.000000336. The van der Waals surface area contributed by atoms with Crippen LogP contribution in [0.1, 0.15) is 57.4 Å². The van der Waals surface area contributed by atoms with Gasteiger partial charge in [0.05, 0.1) is 0 Å². The Kier molecular flexibility index (Phi) is 11.2. The summed E-state index contributed by atoms with van der Waals surface area (Å²) in [6.07, 6.45) is 4.72. The molecule has 4 aromatic carbocycles.